The molecule has 25 heavy (non-hydrogen) atoms. The Bertz CT molecular complexity index is 746. The fourth-order valence-electron chi connectivity index (χ4n) is 3.73. The molecular weight excluding hydrogens is 350 g/mol. The van der Waals surface area contributed by atoms with Crippen LogP contribution < -0.4 is 4.90 Å². The van der Waals surface area contributed by atoms with Crippen molar-refractivity contribution in [1.82, 2.24) is 9.88 Å². The molecule has 0 aliphatic carbocycles. The molecule has 1 aromatic carbocycles. The number of thiazole rings is 1. The van der Waals surface area contributed by atoms with Crippen molar-refractivity contribution in [2.45, 2.75) is 26.2 Å². The van der Waals surface area contributed by atoms with Crippen LogP contribution in [0.3, 0.4) is 0 Å². The summed E-state index contributed by atoms with van der Waals surface area (Å²) in [4.78, 5) is 21.8. The summed E-state index contributed by atoms with van der Waals surface area (Å²) < 4.78 is 1.27. The van der Waals surface area contributed by atoms with E-state index < -0.39 is 0 Å². The standard InChI is InChI=1S/C19H25N3OS2/c1-14-3-2-4-16-18(14)20-19(25-16)22-7-5-15(6-8-22)13-17(23)21-9-11-24-12-10-21/h2-4,15H,5-13H2,1H3. The van der Waals surface area contributed by atoms with Crippen LogP contribution in [-0.2, 0) is 4.79 Å². The topological polar surface area (TPSA) is 36.4 Å². The fourth-order valence-corrected chi connectivity index (χ4v) is 5.73. The van der Waals surface area contributed by atoms with Gasteiger partial charge >= 0.3 is 0 Å². The lowest BCUT2D eigenvalue weighted by Gasteiger charge is -2.33. The number of hydrogen-bond donors (Lipinski definition) is 0. The summed E-state index contributed by atoms with van der Waals surface area (Å²) in [6, 6.07) is 6.39. The van der Waals surface area contributed by atoms with Crippen molar-refractivity contribution in [2.24, 2.45) is 5.92 Å². The predicted octanol–water partition coefficient (Wildman–Crippen LogP) is 3.79. The minimum atomic E-state index is 0.370. The summed E-state index contributed by atoms with van der Waals surface area (Å²) in [5.41, 5.74) is 2.39. The first-order valence-electron chi connectivity index (χ1n) is 9.17. The number of hydrogen-bond acceptors (Lipinski definition) is 5. The van der Waals surface area contributed by atoms with Crippen LogP contribution in [0, 0.1) is 12.8 Å². The summed E-state index contributed by atoms with van der Waals surface area (Å²) in [6.07, 6.45) is 2.93. The van der Waals surface area contributed by atoms with Gasteiger partial charge in [-0.3, -0.25) is 4.79 Å². The maximum absolute atomic E-state index is 12.5. The molecule has 2 aliphatic heterocycles. The van der Waals surface area contributed by atoms with Crippen molar-refractivity contribution < 1.29 is 4.79 Å². The second kappa shape index (κ2) is 7.54. The molecule has 2 fully saturated rings. The lowest BCUT2D eigenvalue weighted by molar-refractivity contribution is -0.132. The molecule has 2 aliphatic rings. The first-order valence-corrected chi connectivity index (χ1v) is 11.1. The van der Waals surface area contributed by atoms with E-state index in [1.807, 2.05) is 11.8 Å². The number of carbonyl (C=O) groups is 1. The van der Waals surface area contributed by atoms with Gasteiger partial charge in [0.1, 0.15) is 0 Å². The van der Waals surface area contributed by atoms with Crippen LogP contribution >= 0.6 is 23.1 Å². The van der Waals surface area contributed by atoms with Crippen LogP contribution in [0.15, 0.2) is 18.2 Å². The van der Waals surface area contributed by atoms with Gasteiger partial charge in [0.25, 0.3) is 0 Å². The summed E-state index contributed by atoms with van der Waals surface area (Å²) in [5.74, 6) is 3.10. The first kappa shape index (κ1) is 17.2. The molecule has 2 aromatic rings. The molecule has 0 spiro atoms. The van der Waals surface area contributed by atoms with Gasteiger partial charge in [-0.05, 0) is 37.3 Å². The monoisotopic (exact) mass is 375 g/mol. The van der Waals surface area contributed by atoms with Gasteiger partial charge in [-0.2, -0.15) is 11.8 Å². The number of aromatic nitrogens is 1. The second-order valence-electron chi connectivity index (χ2n) is 7.05. The van der Waals surface area contributed by atoms with Crippen molar-refractivity contribution >= 4 is 44.4 Å². The van der Waals surface area contributed by atoms with Gasteiger partial charge in [0.05, 0.1) is 10.2 Å². The number of fused-ring (bicyclic) bond motifs is 1. The number of carbonyl (C=O) groups excluding carboxylic acids is 1. The van der Waals surface area contributed by atoms with Crippen molar-refractivity contribution in [3.63, 3.8) is 0 Å². The predicted molar refractivity (Wildman–Crippen MR) is 108 cm³/mol. The van der Waals surface area contributed by atoms with Crippen molar-refractivity contribution in [3.05, 3.63) is 23.8 Å². The minimum Gasteiger partial charge on any atom is -0.348 e. The van der Waals surface area contributed by atoms with Gasteiger partial charge in [-0.15, -0.1) is 0 Å². The molecule has 3 heterocycles. The van der Waals surface area contributed by atoms with Crippen LogP contribution in [0.1, 0.15) is 24.8 Å². The maximum atomic E-state index is 12.5. The molecule has 0 saturated carbocycles. The van der Waals surface area contributed by atoms with Gasteiger partial charge in [0.15, 0.2) is 5.13 Å². The number of amides is 1. The number of aryl methyl sites for hydroxylation is 1. The number of piperidine rings is 1. The van der Waals surface area contributed by atoms with Crippen LogP contribution in [0.25, 0.3) is 10.2 Å². The van der Waals surface area contributed by atoms with Crippen LogP contribution in [0.5, 0.6) is 0 Å². The molecule has 0 radical (unpaired) electrons. The summed E-state index contributed by atoms with van der Waals surface area (Å²) in [5, 5.41) is 1.14. The van der Waals surface area contributed by atoms with Crippen molar-refractivity contribution in [1.29, 1.82) is 0 Å². The molecule has 0 atom stereocenters. The number of rotatable bonds is 3. The number of anilines is 1. The zero-order valence-electron chi connectivity index (χ0n) is 14.7. The number of benzene rings is 1. The molecule has 4 rings (SSSR count). The Balaban J connectivity index is 1.34. The molecule has 0 bridgehead atoms. The molecule has 4 nitrogen and oxygen atoms in total. The summed E-state index contributed by atoms with van der Waals surface area (Å²) in [7, 11) is 0. The SMILES string of the molecule is Cc1cccc2sc(N3CCC(CC(=O)N4CCSCC4)CC3)nc12. The molecule has 1 amide bonds. The molecule has 1 aromatic heterocycles. The van der Waals surface area contributed by atoms with Gasteiger partial charge in [0, 0.05) is 44.1 Å². The van der Waals surface area contributed by atoms with Crippen LogP contribution in [-0.4, -0.2) is 53.5 Å². The fraction of sp³-hybridized carbons (Fsp3) is 0.579. The normalized spacial score (nSPS) is 19.6. The average molecular weight is 376 g/mol. The lowest BCUT2D eigenvalue weighted by Crippen LogP contribution is -2.40. The molecule has 6 heteroatoms. The third-order valence-corrected chi connectivity index (χ3v) is 7.35. The largest absolute Gasteiger partial charge is 0.348 e. The van der Waals surface area contributed by atoms with E-state index in [9.17, 15) is 4.79 Å². The lowest BCUT2D eigenvalue weighted by atomic mass is 9.93. The Morgan fingerprint density at radius 2 is 1.96 bits per heavy atom. The first-order chi connectivity index (χ1) is 12.2. The summed E-state index contributed by atoms with van der Waals surface area (Å²) in [6.45, 7) is 6.04. The van der Waals surface area contributed by atoms with E-state index in [1.165, 1.54) is 10.3 Å². The minimum absolute atomic E-state index is 0.370. The Kier molecular flexibility index (Phi) is 5.17. The molecule has 2 saturated heterocycles. The van der Waals surface area contributed by atoms with E-state index >= 15 is 0 Å². The third-order valence-electron chi connectivity index (χ3n) is 5.32. The van der Waals surface area contributed by atoms with Crippen molar-refractivity contribution in [3.8, 4) is 0 Å². The van der Waals surface area contributed by atoms with Crippen LogP contribution in [0.2, 0.25) is 0 Å². The van der Waals surface area contributed by atoms with Gasteiger partial charge < -0.3 is 9.80 Å². The zero-order chi connectivity index (χ0) is 17.2. The Morgan fingerprint density at radius 1 is 1.20 bits per heavy atom. The van der Waals surface area contributed by atoms with E-state index in [0.717, 1.165) is 67.6 Å². The molecule has 0 unspecified atom stereocenters. The Hall–Kier alpha value is -1.27. The maximum Gasteiger partial charge on any atom is 0.222 e. The van der Waals surface area contributed by atoms with Crippen molar-refractivity contribution in [2.75, 3.05) is 42.6 Å². The average Bonchev–Trinajstić information content (AvgIpc) is 3.09. The second-order valence-corrected chi connectivity index (χ2v) is 9.28. The van der Waals surface area contributed by atoms with E-state index in [4.69, 9.17) is 4.98 Å². The Labute approximate surface area is 157 Å². The highest BCUT2D eigenvalue weighted by atomic mass is 32.2. The third kappa shape index (κ3) is 3.80. The Morgan fingerprint density at radius 3 is 2.68 bits per heavy atom. The highest BCUT2D eigenvalue weighted by molar-refractivity contribution is 7.99. The smallest absolute Gasteiger partial charge is 0.222 e. The summed E-state index contributed by atoms with van der Waals surface area (Å²) >= 11 is 3.75. The van der Waals surface area contributed by atoms with Crippen LogP contribution in [0.4, 0.5) is 5.13 Å². The van der Waals surface area contributed by atoms with E-state index in [-0.39, 0.29) is 0 Å². The molecule has 134 valence electrons. The van der Waals surface area contributed by atoms with E-state index in [2.05, 4.69) is 34.9 Å². The van der Waals surface area contributed by atoms with Gasteiger partial charge in [-0.1, -0.05) is 23.5 Å². The van der Waals surface area contributed by atoms with Gasteiger partial charge in [-0.25, -0.2) is 4.98 Å². The number of thioether (sulfide) groups is 1. The number of nitrogens with zero attached hydrogens (tertiary/aromatic N) is 3. The number of para-hydroxylation sites is 1. The highest BCUT2D eigenvalue weighted by Crippen LogP contribution is 2.33. The van der Waals surface area contributed by atoms with E-state index in [1.54, 1.807) is 11.3 Å². The molecular formula is C19H25N3OS2. The quantitative estimate of drug-likeness (QED) is 0.818. The zero-order valence-corrected chi connectivity index (χ0v) is 16.4. The highest BCUT2D eigenvalue weighted by Gasteiger charge is 2.26. The van der Waals surface area contributed by atoms with E-state index in [0.29, 0.717) is 11.8 Å². The molecule has 0 N–H and O–H groups in total. The van der Waals surface area contributed by atoms with Gasteiger partial charge in [0.2, 0.25) is 5.91 Å².